The molecule has 3 aromatic rings. The van der Waals surface area contributed by atoms with Gasteiger partial charge in [-0.2, -0.15) is 4.68 Å². The van der Waals surface area contributed by atoms with Crippen LogP contribution in [0.1, 0.15) is 46.1 Å². The molecule has 0 atom stereocenters. The molecule has 4 rings (SSSR count). The first kappa shape index (κ1) is 25.5. The van der Waals surface area contributed by atoms with Crippen molar-refractivity contribution in [2.24, 2.45) is 0 Å². The summed E-state index contributed by atoms with van der Waals surface area (Å²) >= 11 is 12.8. The third-order valence-corrected chi connectivity index (χ3v) is 5.84. The summed E-state index contributed by atoms with van der Waals surface area (Å²) in [7, 11) is 0. The molecule has 2 heterocycles. The van der Waals surface area contributed by atoms with Gasteiger partial charge in [-0.15, -0.1) is 5.10 Å². The molecule has 0 saturated heterocycles. The standard InChI is InChI=1S/C23H23Cl2N5O6/c1-23(2,3)36-22(34)26-19-20(32)27-21(33)30(28-19)13-9-15(24)18(16(25)10-13)35-14-7-8-17(31)29(11-14)12-5-4-6-12/h7-12H,4-6H2,1-3H3,(H,26,28,34)(H,27,32,33). The molecule has 190 valence electrons. The van der Waals surface area contributed by atoms with E-state index in [4.69, 9.17) is 32.7 Å². The minimum atomic E-state index is -0.922. The first-order valence-electron chi connectivity index (χ1n) is 11.0. The summed E-state index contributed by atoms with van der Waals surface area (Å²) in [4.78, 5) is 50.9. The highest BCUT2D eigenvalue weighted by molar-refractivity contribution is 6.37. The molecular formula is C23H23Cl2N5O6. The van der Waals surface area contributed by atoms with Crippen molar-refractivity contribution in [3.63, 3.8) is 0 Å². The zero-order chi connectivity index (χ0) is 26.2. The highest BCUT2D eigenvalue weighted by Crippen LogP contribution is 2.38. The van der Waals surface area contributed by atoms with Gasteiger partial charge in [0.1, 0.15) is 11.4 Å². The van der Waals surface area contributed by atoms with E-state index in [-0.39, 0.29) is 33.1 Å². The molecule has 0 unspecified atom stereocenters. The number of benzene rings is 1. The van der Waals surface area contributed by atoms with E-state index in [1.165, 1.54) is 24.3 Å². The number of rotatable bonds is 5. The van der Waals surface area contributed by atoms with Crippen molar-refractivity contribution < 1.29 is 14.3 Å². The lowest BCUT2D eigenvalue weighted by Gasteiger charge is -2.27. The number of ether oxygens (including phenoxy) is 2. The molecule has 0 aliphatic heterocycles. The monoisotopic (exact) mass is 535 g/mol. The Morgan fingerprint density at radius 2 is 1.81 bits per heavy atom. The van der Waals surface area contributed by atoms with Crippen molar-refractivity contribution in [1.82, 2.24) is 19.3 Å². The average Bonchev–Trinajstić information content (AvgIpc) is 2.72. The zero-order valence-electron chi connectivity index (χ0n) is 19.6. The second-order valence-corrected chi connectivity index (χ2v) is 10.00. The minimum Gasteiger partial charge on any atom is -0.453 e. The van der Waals surface area contributed by atoms with Crippen molar-refractivity contribution >= 4 is 35.1 Å². The third kappa shape index (κ3) is 5.63. The molecular weight excluding hydrogens is 513 g/mol. The summed E-state index contributed by atoms with van der Waals surface area (Å²) in [5.41, 5.74) is -2.64. The summed E-state index contributed by atoms with van der Waals surface area (Å²) in [5, 5.41) is 6.21. The van der Waals surface area contributed by atoms with Crippen molar-refractivity contribution in [1.29, 1.82) is 0 Å². The number of aromatic amines is 1. The number of amides is 1. The van der Waals surface area contributed by atoms with Crippen LogP contribution >= 0.6 is 23.2 Å². The van der Waals surface area contributed by atoms with E-state index in [1.807, 2.05) is 0 Å². The molecule has 1 aromatic carbocycles. The fourth-order valence-electron chi connectivity index (χ4n) is 3.44. The van der Waals surface area contributed by atoms with Crippen molar-refractivity contribution in [3.05, 3.63) is 71.7 Å². The molecule has 13 heteroatoms. The SMILES string of the molecule is CC(C)(C)OC(=O)Nc1nn(-c2cc(Cl)c(Oc3ccc(=O)n(C4CCC4)c3)c(Cl)c2)c(=O)[nH]c1=O. The van der Waals surface area contributed by atoms with Crippen LogP contribution in [0.4, 0.5) is 10.6 Å². The van der Waals surface area contributed by atoms with Gasteiger partial charge in [0, 0.05) is 12.1 Å². The number of hydrogen-bond donors (Lipinski definition) is 2. The summed E-state index contributed by atoms with van der Waals surface area (Å²) in [6.07, 6.45) is 3.59. The van der Waals surface area contributed by atoms with E-state index in [1.54, 1.807) is 31.5 Å². The molecule has 1 saturated carbocycles. The van der Waals surface area contributed by atoms with Gasteiger partial charge in [-0.1, -0.05) is 23.2 Å². The Morgan fingerprint density at radius 1 is 1.14 bits per heavy atom. The Hall–Kier alpha value is -3.57. The van der Waals surface area contributed by atoms with Crippen molar-refractivity contribution in [2.45, 2.75) is 51.7 Å². The van der Waals surface area contributed by atoms with E-state index >= 15 is 0 Å². The topological polar surface area (TPSA) is 137 Å². The second kappa shape index (κ2) is 9.82. The number of aromatic nitrogens is 4. The van der Waals surface area contributed by atoms with Crippen LogP contribution in [0.3, 0.4) is 0 Å². The molecule has 0 spiro atoms. The highest BCUT2D eigenvalue weighted by atomic mass is 35.5. The predicted octanol–water partition coefficient (Wildman–Crippen LogP) is 4.25. The molecule has 36 heavy (non-hydrogen) atoms. The van der Waals surface area contributed by atoms with Crippen LogP contribution in [0.5, 0.6) is 11.5 Å². The first-order chi connectivity index (χ1) is 16.9. The van der Waals surface area contributed by atoms with Gasteiger partial charge in [0.15, 0.2) is 5.75 Å². The zero-order valence-corrected chi connectivity index (χ0v) is 21.1. The van der Waals surface area contributed by atoms with E-state index in [0.29, 0.717) is 5.75 Å². The van der Waals surface area contributed by atoms with Gasteiger partial charge in [0.2, 0.25) is 5.82 Å². The van der Waals surface area contributed by atoms with Gasteiger partial charge in [-0.05, 0) is 58.2 Å². The summed E-state index contributed by atoms with van der Waals surface area (Å²) in [6, 6.07) is 5.77. The van der Waals surface area contributed by atoms with Crippen molar-refractivity contribution in [3.8, 4) is 17.2 Å². The van der Waals surface area contributed by atoms with Crippen LogP contribution in [0, 0.1) is 0 Å². The third-order valence-electron chi connectivity index (χ3n) is 5.27. The molecule has 11 nitrogen and oxygen atoms in total. The second-order valence-electron chi connectivity index (χ2n) is 9.18. The number of hydrogen-bond acceptors (Lipinski definition) is 7. The Morgan fingerprint density at radius 3 is 2.39 bits per heavy atom. The smallest absolute Gasteiger partial charge is 0.413 e. The van der Waals surface area contributed by atoms with Gasteiger partial charge in [0.25, 0.3) is 11.1 Å². The lowest BCUT2D eigenvalue weighted by atomic mass is 9.93. The van der Waals surface area contributed by atoms with Gasteiger partial charge in [-0.25, -0.2) is 9.59 Å². The van der Waals surface area contributed by atoms with Crippen LogP contribution < -0.4 is 26.9 Å². The fraction of sp³-hybridized carbons (Fsp3) is 0.348. The molecule has 0 bridgehead atoms. The molecule has 1 aliphatic carbocycles. The van der Waals surface area contributed by atoms with Crippen LogP contribution in [0.2, 0.25) is 10.0 Å². The van der Waals surface area contributed by atoms with E-state index < -0.39 is 28.8 Å². The quantitative estimate of drug-likeness (QED) is 0.497. The lowest BCUT2D eigenvalue weighted by Crippen LogP contribution is -2.36. The molecule has 1 aliphatic rings. The van der Waals surface area contributed by atoms with Crippen LogP contribution in [-0.4, -0.2) is 31.0 Å². The largest absolute Gasteiger partial charge is 0.453 e. The van der Waals surface area contributed by atoms with E-state index in [9.17, 15) is 19.2 Å². The summed E-state index contributed by atoms with van der Waals surface area (Å²) in [6.45, 7) is 4.96. The number of carbonyl (C=O) groups is 1. The van der Waals surface area contributed by atoms with Crippen molar-refractivity contribution in [2.75, 3.05) is 5.32 Å². The van der Waals surface area contributed by atoms with E-state index in [2.05, 4.69) is 15.4 Å². The van der Waals surface area contributed by atoms with E-state index in [0.717, 1.165) is 23.9 Å². The number of halogens is 2. The van der Waals surface area contributed by atoms with Gasteiger partial charge >= 0.3 is 11.8 Å². The number of H-pyrrole nitrogens is 1. The number of nitrogens with one attached hydrogen (secondary N) is 2. The maximum Gasteiger partial charge on any atom is 0.413 e. The average molecular weight is 536 g/mol. The molecule has 1 amide bonds. The summed E-state index contributed by atoms with van der Waals surface area (Å²) < 4.78 is 13.4. The van der Waals surface area contributed by atoms with Gasteiger partial charge < -0.3 is 14.0 Å². The number of pyridine rings is 1. The normalized spacial score (nSPS) is 13.7. The molecule has 2 aromatic heterocycles. The summed E-state index contributed by atoms with van der Waals surface area (Å²) in [5.74, 6) is 0.00127. The van der Waals surface area contributed by atoms with Crippen LogP contribution in [-0.2, 0) is 4.74 Å². The number of anilines is 1. The number of nitrogens with zero attached hydrogens (tertiary/aromatic N) is 3. The molecule has 2 N–H and O–H groups in total. The molecule has 1 fully saturated rings. The Kier molecular flexibility index (Phi) is 6.96. The Balaban J connectivity index is 1.64. The first-order valence-corrected chi connectivity index (χ1v) is 11.8. The van der Waals surface area contributed by atoms with Crippen LogP contribution in [0.25, 0.3) is 5.69 Å². The van der Waals surface area contributed by atoms with Gasteiger partial charge in [-0.3, -0.25) is 19.9 Å². The number of carbonyl (C=O) groups excluding carboxylic acids is 1. The van der Waals surface area contributed by atoms with Crippen LogP contribution in [0.15, 0.2) is 44.8 Å². The minimum absolute atomic E-state index is 0.0421. The highest BCUT2D eigenvalue weighted by Gasteiger charge is 2.22. The predicted molar refractivity (Wildman–Crippen MR) is 134 cm³/mol. The maximum absolute atomic E-state index is 12.4. The Labute approximate surface area is 214 Å². The van der Waals surface area contributed by atoms with Gasteiger partial charge in [0.05, 0.1) is 21.9 Å². The lowest BCUT2D eigenvalue weighted by molar-refractivity contribution is 0.0634. The Bertz CT molecular complexity index is 1480. The maximum atomic E-state index is 12.4. The fourth-order valence-corrected chi connectivity index (χ4v) is 3.99. The molecule has 0 radical (unpaired) electrons.